The molecule has 0 atom stereocenters. The van der Waals surface area contributed by atoms with Crippen LogP contribution in [-0.2, 0) is 13.5 Å². The Balaban J connectivity index is 1.80. The number of hydrogen-bond acceptors (Lipinski definition) is 7. The van der Waals surface area contributed by atoms with Crippen molar-refractivity contribution < 1.29 is 19.0 Å². The Morgan fingerprint density at radius 3 is 2.28 bits per heavy atom. The zero-order valence-corrected chi connectivity index (χ0v) is 18.2. The van der Waals surface area contributed by atoms with Gasteiger partial charge in [-0.1, -0.05) is 6.07 Å². The Labute approximate surface area is 184 Å². The third-order valence-electron chi connectivity index (χ3n) is 4.85. The van der Waals surface area contributed by atoms with E-state index in [1.54, 1.807) is 44.6 Å². The Morgan fingerprint density at radius 2 is 1.66 bits per heavy atom. The first kappa shape index (κ1) is 22.6. The molecule has 0 fully saturated rings. The minimum absolute atomic E-state index is 0.251. The maximum atomic E-state index is 12.7. The molecule has 0 aliphatic carbocycles. The summed E-state index contributed by atoms with van der Waals surface area (Å²) in [6.07, 6.45) is 0.491. The fourth-order valence-electron chi connectivity index (χ4n) is 3.05. The maximum absolute atomic E-state index is 12.7. The van der Waals surface area contributed by atoms with E-state index in [4.69, 9.17) is 14.2 Å². The lowest BCUT2D eigenvalue weighted by Crippen LogP contribution is -2.44. The van der Waals surface area contributed by atoms with Crippen LogP contribution >= 0.6 is 0 Å². The van der Waals surface area contributed by atoms with Crippen molar-refractivity contribution in [2.45, 2.75) is 6.42 Å². The summed E-state index contributed by atoms with van der Waals surface area (Å²) in [6, 6.07) is 12.0. The fourth-order valence-corrected chi connectivity index (χ4v) is 3.05. The van der Waals surface area contributed by atoms with Gasteiger partial charge in [-0.2, -0.15) is 9.78 Å². The first-order valence-corrected chi connectivity index (χ1v) is 9.73. The average Bonchev–Trinajstić information content (AvgIpc) is 2.82. The summed E-state index contributed by atoms with van der Waals surface area (Å²) in [4.78, 5) is 37.6. The highest BCUT2D eigenvalue weighted by atomic mass is 16.5. The van der Waals surface area contributed by atoms with Gasteiger partial charge in [0.15, 0.2) is 11.5 Å². The summed E-state index contributed by atoms with van der Waals surface area (Å²) >= 11 is 0. The van der Waals surface area contributed by atoms with Crippen LogP contribution in [0, 0.1) is 0 Å². The van der Waals surface area contributed by atoms with Crippen molar-refractivity contribution in [3.63, 3.8) is 0 Å². The fraction of sp³-hybridized carbons (Fsp3) is 0.273. The van der Waals surface area contributed by atoms with E-state index in [1.165, 1.54) is 14.2 Å². The van der Waals surface area contributed by atoms with Gasteiger partial charge in [0.2, 0.25) is 5.69 Å². The van der Waals surface area contributed by atoms with Crippen molar-refractivity contribution in [1.82, 2.24) is 19.7 Å². The number of hydrogen-bond donors (Lipinski definition) is 1. The van der Waals surface area contributed by atoms with Crippen LogP contribution in [0.1, 0.15) is 16.1 Å². The minimum Gasteiger partial charge on any atom is -0.497 e. The van der Waals surface area contributed by atoms with E-state index in [0.29, 0.717) is 29.4 Å². The van der Waals surface area contributed by atoms with Gasteiger partial charge in [-0.05, 0) is 48.4 Å². The molecule has 3 aromatic rings. The molecule has 32 heavy (non-hydrogen) atoms. The smallest absolute Gasteiger partial charge is 0.351 e. The van der Waals surface area contributed by atoms with Crippen molar-refractivity contribution in [3.8, 4) is 22.9 Å². The number of ether oxygens (including phenoxy) is 3. The normalized spacial score (nSPS) is 10.5. The van der Waals surface area contributed by atoms with Gasteiger partial charge >= 0.3 is 5.69 Å². The molecular weight excluding hydrogens is 416 g/mol. The van der Waals surface area contributed by atoms with Crippen molar-refractivity contribution in [2.75, 3.05) is 27.9 Å². The summed E-state index contributed by atoms with van der Waals surface area (Å²) in [5.41, 5.74) is -0.515. The maximum Gasteiger partial charge on any atom is 0.351 e. The van der Waals surface area contributed by atoms with E-state index in [9.17, 15) is 14.4 Å². The van der Waals surface area contributed by atoms with Crippen LogP contribution in [0.4, 0.5) is 0 Å². The molecule has 0 radical (unpaired) electrons. The van der Waals surface area contributed by atoms with Crippen LogP contribution in [0.15, 0.2) is 52.1 Å². The number of aromatic nitrogens is 3. The molecule has 10 heteroatoms. The minimum atomic E-state index is -0.775. The largest absolute Gasteiger partial charge is 0.497 e. The number of carbonyl (C=O) groups excluding carboxylic acids is 1. The van der Waals surface area contributed by atoms with E-state index in [0.717, 1.165) is 14.8 Å². The molecule has 0 aliphatic heterocycles. The van der Waals surface area contributed by atoms with Crippen molar-refractivity contribution in [1.29, 1.82) is 0 Å². The molecule has 3 rings (SSSR count). The summed E-state index contributed by atoms with van der Waals surface area (Å²) < 4.78 is 17.4. The SMILES string of the molecule is COc1ccc(-n2nc(C(=O)NCCc3ccc(OC)c(OC)c3)c(=O)n(C)c2=O)cc1. The van der Waals surface area contributed by atoms with Gasteiger partial charge in [-0.15, -0.1) is 0 Å². The second kappa shape index (κ2) is 9.82. The quantitative estimate of drug-likeness (QED) is 0.554. The molecule has 1 N–H and O–H groups in total. The molecule has 10 nitrogen and oxygen atoms in total. The van der Waals surface area contributed by atoms with Gasteiger partial charge in [-0.25, -0.2) is 4.79 Å². The topological polar surface area (TPSA) is 114 Å². The first-order chi connectivity index (χ1) is 15.4. The van der Waals surface area contributed by atoms with Gasteiger partial charge in [-0.3, -0.25) is 14.2 Å². The third kappa shape index (κ3) is 4.64. The van der Waals surface area contributed by atoms with E-state index in [-0.39, 0.29) is 12.2 Å². The average molecular weight is 440 g/mol. The van der Waals surface area contributed by atoms with Gasteiger partial charge in [0.1, 0.15) is 5.75 Å². The number of nitrogens with one attached hydrogen (secondary N) is 1. The highest BCUT2D eigenvalue weighted by molar-refractivity contribution is 5.91. The van der Waals surface area contributed by atoms with Crippen LogP contribution in [0.5, 0.6) is 17.2 Å². The first-order valence-electron chi connectivity index (χ1n) is 9.73. The molecule has 168 valence electrons. The summed E-state index contributed by atoms with van der Waals surface area (Å²) in [6.45, 7) is 0.251. The predicted octanol–water partition coefficient (Wildman–Crippen LogP) is 0.929. The molecule has 0 unspecified atom stereocenters. The molecule has 0 saturated carbocycles. The number of amides is 1. The highest BCUT2D eigenvalue weighted by Gasteiger charge is 2.18. The van der Waals surface area contributed by atoms with E-state index < -0.39 is 17.2 Å². The molecule has 1 amide bonds. The lowest BCUT2D eigenvalue weighted by Gasteiger charge is -2.11. The molecule has 0 aliphatic rings. The molecular formula is C22H24N4O6. The molecule has 2 aromatic carbocycles. The van der Waals surface area contributed by atoms with Gasteiger partial charge in [0.25, 0.3) is 11.5 Å². The van der Waals surface area contributed by atoms with Crippen LogP contribution < -0.4 is 30.8 Å². The van der Waals surface area contributed by atoms with E-state index in [2.05, 4.69) is 10.4 Å². The van der Waals surface area contributed by atoms with Crippen LogP contribution in [0.25, 0.3) is 5.69 Å². The zero-order valence-electron chi connectivity index (χ0n) is 18.2. The second-order valence-electron chi connectivity index (χ2n) is 6.80. The van der Waals surface area contributed by atoms with E-state index in [1.807, 2.05) is 12.1 Å². The second-order valence-corrected chi connectivity index (χ2v) is 6.80. The monoisotopic (exact) mass is 440 g/mol. The summed E-state index contributed by atoms with van der Waals surface area (Å²) in [5.74, 6) is 1.11. The van der Waals surface area contributed by atoms with E-state index >= 15 is 0 Å². The molecule has 1 aromatic heterocycles. The number of nitrogens with zero attached hydrogens (tertiary/aromatic N) is 3. The highest BCUT2D eigenvalue weighted by Crippen LogP contribution is 2.27. The van der Waals surface area contributed by atoms with Crippen LogP contribution in [-0.4, -0.2) is 48.1 Å². The van der Waals surface area contributed by atoms with Crippen LogP contribution in [0.2, 0.25) is 0 Å². The summed E-state index contributed by atoms with van der Waals surface area (Å²) in [7, 11) is 5.92. The lowest BCUT2D eigenvalue weighted by atomic mass is 10.1. The lowest BCUT2D eigenvalue weighted by molar-refractivity contribution is 0.0944. The van der Waals surface area contributed by atoms with Gasteiger partial charge in [0, 0.05) is 13.6 Å². The molecule has 0 spiro atoms. The predicted molar refractivity (Wildman–Crippen MR) is 117 cm³/mol. The van der Waals surface area contributed by atoms with Gasteiger partial charge < -0.3 is 19.5 Å². The third-order valence-corrected chi connectivity index (χ3v) is 4.85. The Hall–Kier alpha value is -4.08. The number of benzene rings is 2. The Kier molecular flexibility index (Phi) is 6.93. The standard InChI is InChI=1S/C22H24N4O6/c1-25-21(28)19(24-26(22(25)29)15-6-8-16(30-2)9-7-15)20(27)23-12-11-14-5-10-17(31-3)18(13-14)32-4/h5-10,13H,11-12H2,1-4H3,(H,23,27). The zero-order chi connectivity index (χ0) is 23.3. The number of methoxy groups -OCH3 is 3. The molecule has 0 bridgehead atoms. The van der Waals surface area contributed by atoms with Crippen LogP contribution in [0.3, 0.4) is 0 Å². The van der Waals surface area contributed by atoms with Crippen molar-refractivity contribution in [2.24, 2.45) is 7.05 Å². The Bertz CT molecular complexity index is 1230. The van der Waals surface area contributed by atoms with Crippen molar-refractivity contribution in [3.05, 3.63) is 74.6 Å². The van der Waals surface area contributed by atoms with Crippen molar-refractivity contribution >= 4 is 5.91 Å². The van der Waals surface area contributed by atoms with Gasteiger partial charge in [0.05, 0.1) is 27.0 Å². The molecule has 0 saturated heterocycles. The Morgan fingerprint density at radius 1 is 0.969 bits per heavy atom. The number of carbonyl (C=O) groups is 1. The number of rotatable bonds is 8. The molecule has 1 heterocycles. The summed E-state index contributed by atoms with van der Waals surface area (Å²) in [5, 5.41) is 6.69.